The molecule has 1 N–H and O–H groups in total. The molecular weight excluding hydrogens is 268 g/mol. The summed E-state index contributed by atoms with van der Waals surface area (Å²) in [6.07, 6.45) is 2.40. The number of halogens is 1. The molecule has 1 fully saturated rings. The van der Waals surface area contributed by atoms with Crippen LogP contribution in [0.15, 0.2) is 30.4 Å². The minimum absolute atomic E-state index is 0.0904. The van der Waals surface area contributed by atoms with Crippen LogP contribution in [0.5, 0.6) is 5.75 Å². The maximum Gasteiger partial charge on any atom is 0.311 e. The molecule has 1 aromatic carbocycles. The van der Waals surface area contributed by atoms with E-state index in [1.165, 1.54) is 31.0 Å². The first kappa shape index (κ1) is 13.8. The van der Waals surface area contributed by atoms with Crippen molar-refractivity contribution in [3.05, 3.63) is 45.5 Å². The van der Waals surface area contributed by atoms with Crippen LogP contribution < -0.4 is 10.1 Å². The molecule has 19 heavy (non-hydrogen) atoms. The second-order valence-electron chi connectivity index (χ2n) is 4.56. The monoisotopic (exact) mass is 282 g/mol. The van der Waals surface area contributed by atoms with Crippen LogP contribution in [0.25, 0.3) is 0 Å². The largest absolute Gasteiger partial charge is 0.482 e. The van der Waals surface area contributed by atoms with E-state index in [0.29, 0.717) is 17.6 Å². The molecular formula is C13H15ClN2O3. The molecule has 1 aliphatic rings. The molecule has 0 amide bonds. The van der Waals surface area contributed by atoms with Crippen molar-refractivity contribution in [3.8, 4) is 5.75 Å². The zero-order valence-electron chi connectivity index (χ0n) is 10.4. The van der Waals surface area contributed by atoms with Crippen molar-refractivity contribution in [1.82, 2.24) is 5.32 Å². The molecule has 1 saturated carbocycles. The maximum atomic E-state index is 10.8. The van der Waals surface area contributed by atoms with Crippen molar-refractivity contribution in [2.75, 3.05) is 13.2 Å². The molecule has 0 radical (unpaired) electrons. The summed E-state index contributed by atoms with van der Waals surface area (Å²) in [6.45, 7) is 4.78. The number of benzene rings is 1. The van der Waals surface area contributed by atoms with Crippen LogP contribution in [0.1, 0.15) is 12.8 Å². The second kappa shape index (κ2) is 6.04. The molecule has 102 valence electrons. The minimum Gasteiger partial charge on any atom is -0.482 e. The molecule has 0 spiro atoms. The third-order valence-electron chi connectivity index (χ3n) is 2.77. The van der Waals surface area contributed by atoms with Crippen molar-refractivity contribution in [1.29, 1.82) is 0 Å². The number of hydrogen-bond donors (Lipinski definition) is 1. The van der Waals surface area contributed by atoms with Crippen LogP contribution >= 0.6 is 11.6 Å². The fourth-order valence-corrected chi connectivity index (χ4v) is 1.72. The standard InChI is InChI=1S/C13H15ClN2O3/c1-9(7-15-11-3-4-11)8-19-13-6-10(14)2-5-12(13)16(17)18/h2,5-6,11,15H,1,3-4,7-8H2. The lowest BCUT2D eigenvalue weighted by Gasteiger charge is -2.10. The highest BCUT2D eigenvalue weighted by Gasteiger charge is 2.20. The highest BCUT2D eigenvalue weighted by atomic mass is 35.5. The Bertz CT molecular complexity index is 501. The number of nitro groups is 1. The summed E-state index contributed by atoms with van der Waals surface area (Å²) in [4.78, 5) is 10.4. The number of hydrogen-bond acceptors (Lipinski definition) is 4. The van der Waals surface area contributed by atoms with E-state index in [9.17, 15) is 10.1 Å². The van der Waals surface area contributed by atoms with Gasteiger partial charge in [0.05, 0.1) is 4.92 Å². The van der Waals surface area contributed by atoms with Gasteiger partial charge in [0.15, 0.2) is 5.75 Å². The van der Waals surface area contributed by atoms with Gasteiger partial charge in [0.2, 0.25) is 0 Å². The first-order chi connectivity index (χ1) is 9.06. The summed E-state index contributed by atoms with van der Waals surface area (Å²) in [7, 11) is 0. The lowest BCUT2D eigenvalue weighted by molar-refractivity contribution is -0.385. The zero-order chi connectivity index (χ0) is 13.8. The zero-order valence-corrected chi connectivity index (χ0v) is 11.2. The van der Waals surface area contributed by atoms with E-state index in [1.807, 2.05) is 0 Å². The fourth-order valence-electron chi connectivity index (χ4n) is 1.56. The third kappa shape index (κ3) is 4.22. The van der Waals surface area contributed by atoms with Gasteiger partial charge in [-0.1, -0.05) is 18.2 Å². The maximum absolute atomic E-state index is 10.8. The molecule has 0 bridgehead atoms. The summed E-state index contributed by atoms with van der Waals surface area (Å²) >= 11 is 5.81. The Hall–Kier alpha value is -1.59. The molecule has 0 aliphatic heterocycles. The number of nitrogens with zero attached hydrogens (tertiary/aromatic N) is 1. The highest BCUT2D eigenvalue weighted by molar-refractivity contribution is 6.30. The van der Waals surface area contributed by atoms with Gasteiger partial charge in [-0.2, -0.15) is 0 Å². The van der Waals surface area contributed by atoms with Gasteiger partial charge in [0, 0.05) is 29.7 Å². The first-order valence-electron chi connectivity index (χ1n) is 6.03. The molecule has 2 rings (SSSR count). The fraction of sp³-hybridized carbons (Fsp3) is 0.385. The smallest absolute Gasteiger partial charge is 0.311 e. The van der Waals surface area contributed by atoms with Crippen LogP contribution in [0.4, 0.5) is 5.69 Å². The van der Waals surface area contributed by atoms with Gasteiger partial charge in [0.1, 0.15) is 6.61 Å². The van der Waals surface area contributed by atoms with Gasteiger partial charge in [-0.3, -0.25) is 10.1 Å². The first-order valence-corrected chi connectivity index (χ1v) is 6.41. The van der Waals surface area contributed by atoms with Crippen LogP contribution in [0, 0.1) is 10.1 Å². The van der Waals surface area contributed by atoms with E-state index >= 15 is 0 Å². The molecule has 1 aliphatic carbocycles. The molecule has 0 atom stereocenters. The summed E-state index contributed by atoms with van der Waals surface area (Å²) in [5.74, 6) is 0.171. The Labute approximate surface area is 116 Å². The van der Waals surface area contributed by atoms with E-state index in [1.54, 1.807) is 0 Å². The molecule has 0 unspecified atom stereocenters. The lowest BCUT2D eigenvalue weighted by atomic mass is 10.3. The summed E-state index contributed by atoms with van der Waals surface area (Å²) in [5, 5.41) is 14.6. The molecule has 6 heteroatoms. The van der Waals surface area contributed by atoms with E-state index in [4.69, 9.17) is 16.3 Å². The summed E-state index contributed by atoms with van der Waals surface area (Å²) in [6, 6.07) is 4.84. The topological polar surface area (TPSA) is 64.4 Å². The number of rotatable bonds is 7. The van der Waals surface area contributed by atoms with E-state index in [2.05, 4.69) is 11.9 Å². The average Bonchev–Trinajstić information content (AvgIpc) is 3.17. The van der Waals surface area contributed by atoms with Crippen molar-refractivity contribution in [3.63, 3.8) is 0 Å². The Kier molecular flexibility index (Phi) is 4.39. The normalized spacial score (nSPS) is 14.2. The molecule has 0 saturated heterocycles. The highest BCUT2D eigenvalue weighted by Crippen LogP contribution is 2.30. The number of nitro benzene ring substituents is 1. The van der Waals surface area contributed by atoms with E-state index in [0.717, 1.165) is 5.57 Å². The van der Waals surface area contributed by atoms with Gasteiger partial charge in [-0.05, 0) is 24.5 Å². The average molecular weight is 283 g/mol. The Balaban J connectivity index is 1.91. The van der Waals surface area contributed by atoms with Crippen LogP contribution in [-0.4, -0.2) is 24.1 Å². The van der Waals surface area contributed by atoms with Gasteiger partial charge in [-0.25, -0.2) is 0 Å². The van der Waals surface area contributed by atoms with Crippen molar-refractivity contribution in [2.45, 2.75) is 18.9 Å². The minimum atomic E-state index is -0.489. The van der Waals surface area contributed by atoms with Crippen LogP contribution in [0.2, 0.25) is 5.02 Å². The predicted octanol–water partition coefficient (Wildman–Crippen LogP) is 2.94. The quantitative estimate of drug-likeness (QED) is 0.474. The summed E-state index contributed by atoms with van der Waals surface area (Å²) < 4.78 is 5.43. The van der Waals surface area contributed by atoms with E-state index < -0.39 is 4.92 Å². The Morgan fingerprint density at radius 3 is 2.95 bits per heavy atom. The van der Waals surface area contributed by atoms with Crippen LogP contribution in [0.3, 0.4) is 0 Å². The molecule has 0 heterocycles. The van der Waals surface area contributed by atoms with Gasteiger partial charge in [-0.15, -0.1) is 0 Å². The predicted molar refractivity (Wildman–Crippen MR) is 73.8 cm³/mol. The number of nitrogens with one attached hydrogen (secondary N) is 1. The van der Waals surface area contributed by atoms with Gasteiger partial charge in [0.25, 0.3) is 0 Å². The number of ether oxygens (including phenoxy) is 1. The van der Waals surface area contributed by atoms with Gasteiger partial charge >= 0.3 is 5.69 Å². The van der Waals surface area contributed by atoms with Crippen molar-refractivity contribution >= 4 is 17.3 Å². The van der Waals surface area contributed by atoms with Crippen molar-refractivity contribution in [2.24, 2.45) is 0 Å². The third-order valence-corrected chi connectivity index (χ3v) is 3.00. The van der Waals surface area contributed by atoms with Gasteiger partial charge < -0.3 is 10.1 Å². The summed E-state index contributed by atoms with van der Waals surface area (Å²) in [5.41, 5.74) is 0.758. The Morgan fingerprint density at radius 2 is 2.32 bits per heavy atom. The van der Waals surface area contributed by atoms with Crippen molar-refractivity contribution < 1.29 is 9.66 Å². The molecule has 1 aromatic rings. The Morgan fingerprint density at radius 1 is 1.58 bits per heavy atom. The second-order valence-corrected chi connectivity index (χ2v) is 5.00. The van der Waals surface area contributed by atoms with Crippen LogP contribution in [-0.2, 0) is 0 Å². The van der Waals surface area contributed by atoms with E-state index in [-0.39, 0.29) is 18.0 Å². The lowest BCUT2D eigenvalue weighted by Crippen LogP contribution is -2.21. The molecule has 5 nitrogen and oxygen atoms in total. The SMILES string of the molecule is C=C(CNC1CC1)COc1cc(Cl)ccc1[N+](=O)[O-]. The molecule has 0 aromatic heterocycles.